The standard InChI is InChI=1S/C26H42N8O/c1-17(2)15-22(35)33-13-11-20(12-14-33)29-24-23-25(34(16-28-23)21-5-3-4-6-21)32-26(31-24)30-19-9-7-18(27)8-10-19/h16-21H,3-15,27H2,1-2H3,(H2,29,30,31,32). The second kappa shape index (κ2) is 10.7. The number of aromatic nitrogens is 4. The summed E-state index contributed by atoms with van der Waals surface area (Å²) in [5.74, 6) is 2.17. The van der Waals surface area contributed by atoms with Gasteiger partial charge >= 0.3 is 0 Å². The molecule has 1 amide bonds. The lowest BCUT2D eigenvalue weighted by Gasteiger charge is -2.33. The number of carbonyl (C=O) groups excluding carboxylic acids is 1. The lowest BCUT2D eigenvalue weighted by molar-refractivity contribution is -0.132. The summed E-state index contributed by atoms with van der Waals surface area (Å²) >= 11 is 0. The second-order valence-corrected chi connectivity index (χ2v) is 11.3. The van der Waals surface area contributed by atoms with Crippen LogP contribution in [0.3, 0.4) is 0 Å². The average molecular weight is 483 g/mol. The molecule has 2 aliphatic carbocycles. The van der Waals surface area contributed by atoms with Gasteiger partial charge in [-0.05, 0) is 57.3 Å². The van der Waals surface area contributed by atoms with Crippen molar-refractivity contribution in [2.24, 2.45) is 11.7 Å². The SMILES string of the molecule is CC(C)CC(=O)N1CCC(Nc2nc(NC3CCC(N)CC3)nc3c2ncn3C2CCCC2)CC1. The van der Waals surface area contributed by atoms with Crippen LogP contribution in [0.1, 0.15) is 90.5 Å². The molecule has 192 valence electrons. The summed E-state index contributed by atoms with van der Waals surface area (Å²) < 4.78 is 2.27. The minimum atomic E-state index is 0.272. The molecular weight excluding hydrogens is 440 g/mol. The maximum atomic E-state index is 12.5. The van der Waals surface area contributed by atoms with Gasteiger partial charge in [-0.3, -0.25) is 4.79 Å². The number of nitrogens with zero attached hydrogens (tertiary/aromatic N) is 5. The summed E-state index contributed by atoms with van der Waals surface area (Å²) in [5.41, 5.74) is 7.89. The lowest BCUT2D eigenvalue weighted by atomic mass is 9.92. The van der Waals surface area contributed by atoms with Gasteiger partial charge in [0.2, 0.25) is 11.9 Å². The third-order valence-corrected chi connectivity index (χ3v) is 8.02. The van der Waals surface area contributed by atoms with Crippen molar-refractivity contribution in [3.63, 3.8) is 0 Å². The largest absolute Gasteiger partial charge is 0.365 e. The van der Waals surface area contributed by atoms with Crippen LogP contribution in [-0.4, -0.2) is 61.5 Å². The number of piperidine rings is 1. The molecule has 0 radical (unpaired) electrons. The Labute approximate surface area is 208 Å². The molecule has 3 heterocycles. The average Bonchev–Trinajstić information content (AvgIpc) is 3.51. The number of anilines is 2. The predicted molar refractivity (Wildman–Crippen MR) is 139 cm³/mol. The second-order valence-electron chi connectivity index (χ2n) is 11.3. The Morgan fingerprint density at radius 3 is 2.37 bits per heavy atom. The van der Waals surface area contributed by atoms with Gasteiger partial charge in [0.1, 0.15) is 0 Å². The van der Waals surface area contributed by atoms with Crippen LogP contribution in [-0.2, 0) is 4.79 Å². The molecule has 9 nitrogen and oxygen atoms in total. The van der Waals surface area contributed by atoms with Gasteiger partial charge in [0, 0.05) is 43.7 Å². The molecule has 0 bridgehead atoms. The minimum Gasteiger partial charge on any atom is -0.365 e. The highest BCUT2D eigenvalue weighted by Gasteiger charge is 2.27. The van der Waals surface area contributed by atoms with E-state index in [0.717, 1.165) is 68.6 Å². The van der Waals surface area contributed by atoms with Gasteiger partial charge in [0.05, 0.1) is 6.33 Å². The smallest absolute Gasteiger partial charge is 0.227 e. The zero-order valence-corrected chi connectivity index (χ0v) is 21.4. The number of rotatable bonds is 7. The fourth-order valence-electron chi connectivity index (χ4n) is 5.92. The van der Waals surface area contributed by atoms with Crippen molar-refractivity contribution < 1.29 is 4.79 Å². The molecule has 2 aromatic heterocycles. The van der Waals surface area contributed by atoms with Gasteiger partial charge < -0.3 is 25.8 Å². The van der Waals surface area contributed by atoms with Crippen molar-refractivity contribution in [2.45, 2.75) is 109 Å². The Bertz CT molecular complexity index is 998. The Hall–Kier alpha value is -2.42. The van der Waals surface area contributed by atoms with E-state index in [2.05, 4.69) is 29.0 Å². The van der Waals surface area contributed by atoms with Crippen LogP contribution in [0.4, 0.5) is 11.8 Å². The van der Waals surface area contributed by atoms with E-state index >= 15 is 0 Å². The molecule has 3 aliphatic rings. The Kier molecular flexibility index (Phi) is 7.41. The summed E-state index contributed by atoms with van der Waals surface area (Å²) in [6.45, 7) is 5.79. The molecular formula is C26H42N8O. The van der Waals surface area contributed by atoms with E-state index in [1.807, 2.05) is 11.2 Å². The number of fused-ring (bicyclic) bond motifs is 1. The van der Waals surface area contributed by atoms with Gasteiger partial charge in [-0.15, -0.1) is 0 Å². The number of imidazole rings is 1. The first-order valence-electron chi connectivity index (χ1n) is 13.8. The summed E-state index contributed by atoms with van der Waals surface area (Å²) in [4.78, 5) is 29.2. The molecule has 5 rings (SSSR count). The number of nitrogens with two attached hydrogens (primary N) is 1. The fourth-order valence-corrected chi connectivity index (χ4v) is 5.92. The predicted octanol–water partition coefficient (Wildman–Crippen LogP) is 4.07. The molecule has 3 fully saturated rings. The molecule has 2 saturated carbocycles. The monoisotopic (exact) mass is 482 g/mol. The van der Waals surface area contributed by atoms with E-state index in [-0.39, 0.29) is 11.9 Å². The van der Waals surface area contributed by atoms with Gasteiger partial charge in [0.15, 0.2) is 17.0 Å². The lowest BCUT2D eigenvalue weighted by Crippen LogP contribution is -2.42. The molecule has 0 spiro atoms. The van der Waals surface area contributed by atoms with Crippen molar-refractivity contribution >= 4 is 28.8 Å². The molecule has 2 aromatic rings. The zero-order chi connectivity index (χ0) is 24.4. The van der Waals surface area contributed by atoms with Crippen LogP contribution in [0.5, 0.6) is 0 Å². The van der Waals surface area contributed by atoms with Gasteiger partial charge in [-0.25, -0.2) is 4.98 Å². The van der Waals surface area contributed by atoms with E-state index < -0.39 is 0 Å². The third-order valence-electron chi connectivity index (χ3n) is 8.02. The van der Waals surface area contributed by atoms with Crippen LogP contribution in [0.2, 0.25) is 0 Å². The molecule has 4 N–H and O–H groups in total. The number of carbonyl (C=O) groups is 1. The quantitative estimate of drug-likeness (QED) is 0.545. The van der Waals surface area contributed by atoms with Crippen molar-refractivity contribution in [2.75, 3.05) is 23.7 Å². The minimum absolute atomic E-state index is 0.272. The summed E-state index contributed by atoms with van der Waals surface area (Å²) in [6.07, 6.45) is 13.5. The number of likely N-dealkylation sites (tertiary alicyclic amines) is 1. The Balaban J connectivity index is 1.34. The first-order valence-corrected chi connectivity index (χ1v) is 13.8. The highest BCUT2D eigenvalue weighted by atomic mass is 16.2. The normalized spacial score (nSPS) is 24.4. The molecule has 9 heteroatoms. The van der Waals surface area contributed by atoms with Crippen LogP contribution in [0, 0.1) is 5.92 Å². The van der Waals surface area contributed by atoms with E-state index in [9.17, 15) is 4.79 Å². The third kappa shape index (κ3) is 5.71. The van der Waals surface area contributed by atoms with Crippen LogP contribution >= 0.6 is 0 Å². The first kappa shape index (κ1) is 24.3. The zero-order valence-electron chi connectivity index (χ0n) is 21.4. The van der Waals surface area contributed by atoms with Crippen molar-refractivity contribution in [1.82, 2.24) is 24.4 Å². The summed E-state index contributed by atoms with van der Waals surface area (Å²) in [6, 6.07) is 1.42. The summed E-state index contributed by atoms with van der Waals surface area (Å²) in [7, 11) is 0. The Morgan fingerprint density at radius 2 is 1.69 bits per heavy atom. The number of hydrogen-bond acceptors (Lipinski definition) is 7. The van der Waals surface area contributed by atoms with Gasteiger partial charge in [-0.2, -0.15) is 9.97 Å². The first-order chi connectivity index (χ1) is 17.0. The van der Waals surface area contributed by atoms with Crippen molar-refractivity contribution in [3.05, 3.63) is 6.33 Å². The molecule has 1 aliphatic heterocycles. The van der Waals surface area contributed by atoms with Crippen molar-refractivity contribution in [1.29, 1.82) is 0 Å². The topological polar surface area (TPSA) is 114 Å². The van der Waals surface area contributed by atoms with Crippen LogP contribution in [0.25, 0.3) is 11.2 Å². The van der Waals surface area contributed by atoms with Crippen LogP contribution in [0.15, 0.2) is 6.33 Å². The van der Waals surface area contributed by atoms with E-state index in [1.54, 1.807) is 0 Å². The molecule has 1 saturated heterocycles. The maximum absolute atomic E-state index is 12.5. The highest BCUT2D eigenvalue weighted by Crippen LogP contribution is 2.34. The molecule has 35 heavy (non-hydrogen) atoms. The van der Waals surface area contributed by atoms with E-state index in [1.165, 1.54) is 25.7 Å². The molecule has 0 unspecified atom stereocenters. The molecule has 0 atom stereocenters. The fraction of sp³-hybridized carbons (Fsp3) is 0.769. The van der Waals surface area contributed by atoms with Gasteiger partial charge in [-0.1, -0.05) is 26.7 Å². The number of nitrogens with one attached hydrogen (secondary N) is 2. The van der Waals surface area contributed by atoms with Crippen molar-refractivity contribution in [3.8, 4) is 0 Å². The van der Waals surface area contributed by atoms with E-state index in [4.69, 9.17) is 20.7 Å². The maximum Gasteiger partial charge on any atom is 0.227 e. The van der Waals surface area contributed by atoms with Gasteiger partial charge in [0.25, 0.3) is 0 Å². The number of amides is 1. The highest BCUT2D eigenvalue weighted by molar-refractivity contribution is 5.84. The Morgan fingerprint density at radius 1 is 1.00 bits per heavy atom. The summed E-state index contributed by atoms with van der Waals surface area (Å²) in [5, 5.41) is 7.29. The number of hydrogen-bond donors (Lipinski definition) is 3. The van der Waals surface area contributed by atoms with Crippen LogP contribution < -0.4 is 16.4 Å². The molecule has 0 aromatic carbocycles. The van der Waals surface area contributed by atoms with E-state index in [0.29, 0.717) is 36.4 Å².